The van der Waals surface area contributed by atoms with Crippen LogP contribution in [0.3, 0.4) is 0 Å². The summed E-state index contributed by atoms with van der Waals surface area (Å²) in [6.07, 6.45) is 1.57. The van der Waals surface area contributed by atoms with Gasteiger partial charge in [-0.3, -0.25) is 9.59 Å². The van der Waals surface area contributed by atoms with Crippen LogP contribution in [0.2, 0.25) is 10.0 Å². The van der Waals surface area contributed by atoms with Gasteiger partial charge in [-0.05, 0) is 70.0 Å². The van der Waals surface area contributed by atoms with Crippen molar-refractivity contribution in [1.29, 1.82) is 0 Å². The highest BCUT2D eigenvalue weighted by molar-refractivity contribution is 9.10. The molecule has 2 heterocycles. The van der Waals surface area contributed by atoms with Gasteiger partial charge in [0.05, 0.1) is 16.3 Å². The number of anilines is 1. The van der Waals surface area contributed by atoms with Crippen LogP contribution in [0.1, 0.15) is 34.7 Å². The molecule has 0 bridgehead atoms. The molecule has 0 unspecified atom stereocenters. The first kappa shape index (κ1) is 24.7. The smallest absolute Gasteiger partial charge is 0.277 e. The monoisotopic (exact) mass is 601 g/mol. The van der Waals surface area contributed by atoms with Crippen LogP contribution in [0.15, 0.2) is 45.6 Å². The van der Waals surface area contributed by atoms with E-state index in [9.17, 15) is 9.59 Å². The second-order valence-corrected chi connectivity index (χ2v) is 9.24. The number of aromatic nitrogens is 3. The van der Waals surface area contributed by atoms with Crippen molar-refractivity contribution in [2.45, 2.75) is 13.8 Å². The van der Waals surface area contributed by atoms with Crippen LogP contribution < -0.4 is 4.90 Å². The molecule has 0 fully saturated rings. The van der Waals surface area contributed by atoms with E-state index in [0.29, 0.717) is 42.7 Å². The molecular formula is C21H19Br2Cl2N5O2. The Balaban J connectivity index is 2.17. The third kappa shape index (κ3) is 4.85. The zero-order valence-corrected chi connectivity index (χ0v) is 22.1. The van der Waals surface area contributed by atoms with Crippen LogP contribution >= 0.6 is 55.1 Å². The van der Waals surface area contributed by atoms with Crippen LogP contribution in [0.25, 0.3) is 5.82 Å². The molecule has 2 amide bonds. The number of hydrogen-bond donors (Lipinski definition) is 0. The van der Waals surface area contributed by atoms with Crippen molar-refractivity contribution in [1.82, 2.24) is 19.7 Å². The summed E-state index contributed by atoms with van der Waals surface area (Å²) >= 11 is 19.4. The van der Waals surface area contributed by atoms with E-state index in [-0.39, 0.29) is 24.1 Å². The second-order valence-electron chi connectivity index (χ2n) is 6.73. The van der Waals surface area contributed by atoms with Crippen molar-refractivity contribution in [3.8, 4) is 5.82 Å². The number of hydrogen-bond acceptors (Lipinski definition) is 4. The molecule has 3 rings (SSSR count). The third-order valence-electron chi connectivity index (χ3n) is 4.75. The van der Waals surface area contributed by atoms with Gasteiger partial charge in [-0.1, -0.05) is 23.2 Å². The van der Waals surface area contributed by atoms with E-state index < -0.39 is 0 Å². The number of pyridine rings is 1. The van der Waals surface area contributed by atoms with Crippen molar-refractivity contribution in [2.75, 3.05) is 25.0 Å². The Kier molecular flexibility index (Phi) is 7.97. The molecule has 2 aromatic heterocycles. The summed E-state index contributed by atoms with van der Waals surface area (Å²) in [5, 5.41) is 5.06. The fraction of sp³-hybridized carbons (Fsp3) is 0.238. The minimum absolute atomic E-state index is 0.225. The Bertz CT molecular complexity index is 1180. The topological polar surface area (TPSA) is 71.3 Å². The van der Waals surface area contributed by atoms with Gasteiger partial charge in [0.15, 0.2) is 5.82 Å². The SMILES string of the molecule is CCN(C)C(=O)c1cc(Cl)cc(Br)c1N(CC)C(=O)c1cc(Br)nn1-c1ncccc1Cl. The molecule has 3 aromatic rings. The molecule has 0 N–H and O–H groups in total. The Morgan fingerprint density at radius 2 is 1.81 bits per heavy atom. The highest BCUT2D eigenvalue weighted by atomic mass is 79.9. The summed E-state index contributed by atoms with van der Waals surface area (Å²) < 4.78 is 2.34. The molecule has 0 aliphatic carbocycles. The lowest BCUT2D eigenvalue weighted by atomic mass is 10.1. The maximum Gasteiger partial charge on any atom is 0.277 e. The first-order chi connectivity index (χ1) is 15.2. The van der Waals surface area contributed by atoms with Crippen molar-refractivity contribution >= 4 is 72.6 Å². The number of rotatable bonds is 6. The lowest BCUT2D eigenvalue weighted by Crippen LogP contribution is -2.35. The van der Waals surface area contributed by atoms with Crippen LogP contribution in [0.5, 0.6) is 0 Å². The Morgan fingerprint density at radius 1 is 1.09 bits per heavy atom. The molecule has 0 spiro atoms. The van der Waals surface area contributed by atoms with E-state index in [0.717, 1.165) is 0 Å². The van der Waals surface area contributed by atoms with Crippen molar-refractivity contribution in [3.05, 3.63) is 66.9 Å². The van der Waals surface area contributed by atoms with Crippen LogP contribution in [0.4, 0.5) is 5.69 Å². The number of benzene rings is 1. The number of nitrogens with zero attached hydrogens (tertiary/aromatic N) is 5. The lowest BCUT2D eigenvalue weighted by molar-refractivity contribution is 0.0803. The maximum absolute atomic E-state index is 13.7. The van der Waals surface area contributed by atoms with E-state index in [1.165, 1.54) is 9.58 Å². The van der Waals surface area contributed by atoms with Gasteiger partial charge in [-0.2, -0.15) is 5.10 Å². The lowest BCUT2D eigenvalue weighted by Gasteiger charge is -2.27. The Hall–Kier alpha value is -1.94. The maximum atomic E-state index is 13.7. The highest BCUT2D eigenvalue weighted by Crippen LogP contribution is 2.36. The van der Waals surface area contributed by atoms with Gasteiger partial charge in [0.1, 0.15) is 10.3 Å². The van der Waals surface area contributed by atoms with Gasteiger partial charge in [-0.25, -0.2) is 9.67 Å². The molecule has 11 heteroatoms. The number of carbonyl (C=O) groups is 2. The molecule has 0 radical (unpaired) electrons. The molecule has 7 nitrogen and oxygen atoms in total. The molecular weight excluding hydrogens is 585 g/mol. The number of amides is 2. The number of carbonyl (C=O) groups excluding carboxylic acids is 2. The summed E-state index contributed by atoms with van der Waals surface area (Å²) in [6.45, 7) is 4.47. The van der Waals surface area contributed by atoms with Crippen molar-refractivity contribution < 1.29 is 9.59 Å². The Labute approximate surface area is 212 Å². The standard InChI is InChI=1S/C21H19Br2Cl2N5O2/c1-4-28(3)20(31)13-9-12(24)10-14(22)18(13)29(5-2)21(32)16-11-17(23)27-30(16)19-15(25)7-6-8-26-19/h6-11H,4-5H2,1-3H3. The quantitative estimate of drug-likeness (QED) is 0.354. The normalized spacial score (nSPS) is 10.8. The van der Waals surface area contributed by atoms with Crippen molar-refractivity contribution in [3.63, 3.8) is 0 Å². The van der Waals surface area contributed by atoms with Crippen LogP contribution in [0, 0.1) is 0 Å². The van der Waals surface area contributed by atoms with Gasteiger partial charge in [0, 0.05) is 41.9 Å². The molecule has 0 aliphatic heterocycles. The van der Waals surface area contributed by atoms with Gasteiger partial charge in [0.25, 0.3) is 11.8 Å². The first-order valence-corrected chi connectivity index (χ1v) is 12.0. The van der Waals surface area contributed by atoms with Gasteiger partial charge >= 0.3 is 0 Å². The molecule has 0 atom stereocenters. The van der Waals surface area contributed by atoms with E-state index in [2.05, 4.69) is 41.9 Å². The fourth-order valence-electron chi connectivity index (χ4n) is 3.09. The summed E-state index contributed by atoms with van der Waals surface area (Å²) in [4.78, 5) is 34.1. The zero-order valence-electron chi connectivity index (χ0n) is 17.4. The number of halogens is 4. The molecule has 0 aliphatic rings. The molecule has 32 heavy (non-hydrogen) atoms. The van der Waals surface area contributed by atoms with Crippen LogP contribution in [-0.4, -0.2) is 51.6 Å². The minimum Gasteiger partial charge on any atom is -0.342 e. The van der Waals surface area contributed by atoms with E-state index >= 15 is 0 Å². The summed E-state index contributed by atoms with van der Waals surface area (Å²) in [7, 11) is 1.69. The predicted molar refractivity (Wildman–Crippen MR) is 133 cm³/mol. The predicted octanol–water partition coefficient (Wildman–Crippen LogP) is 5.86. The van der Waals surface area contributed by atoms with E-state index in [4.69, 9.17) is 23.2 Å². The minimum atomic E-state index is -0.386. The largest absolute Gasteiger partial charge is 0.342 e. The summed E-state index contributed by atoms with van der Waals surface area (Å²) in [6, 6.07) is 8.16. The molecule has 0 saturated carbocycles. The summed E-state index contributed by atoms with van der Waals surface area (Å²) in [5.74, 6) is -0.320. The summed E-state index contributed by atoms with van der Waals surface area (Å²) in [5.41, 5.74) is 0.955. The second kappa shape index (κ2) is 10.3. The zero-order chi connectivity index (χ0) is 23.6. The molecule has 0 saturated heterocycles. The highest BCUT2D eigenvalue weighted by Gasteiger charge is 2.29. The Morgan fingerprint density at radius 3 is 2.44 bits per heavy atom. The van der Waals surface area contributed by atoms with Gasteiger partial charge < -0.3 is 9.80 Å². The average molecular weight is 604 g/mol. The van der Waals surface area contributed by atoms with Gasteiger partial charge in [0.2, 0.25) is 0 Å². The van der Waals surface area contributed by atoms with E-state index in [1.54, 1.807) is 48.5 Å². The molecule has 168 valence electrons. The first-order valence-electron chi connectivity index (χ1n) is 9.62. The third-order valence-corrected chi connectivity index (χ3v) is 6.25. The van der Waals surface area contributed by atoms with E-state index in [1.807, 2.05) is 13.8 Å². The van der Waals surface area contributed by atoms with Crippen molar-refractivity contribution in [2.24, 2.45) is 0 Å². The van der Waals surface area contributed by atoms with Crippen LogP contribution in [-0.2, 0) is 0 Å². The fourth-order valence-corrected chi connectivity index (χ4v) is 4.69. The average Bonchev–Trinajstić information content (AvgIpc) is 3.15. The van der Waals surface area contributed by atoms with Gasteiger partial charge in [-0.15, -0.1) is 0 Å². The molecule has 1 aromatic carbocycles.